The molecule has 2 atom stereocenters. The van der Waals surface area contributed by atoms with E-state index in [1.165, 1.54) is 51.7 Å². The van der Waals surface area contributed by atoms with Crippen LogP contribution in [0.4, 0.5) is 0 Å². The minimum absolute atomic E-state index is 0.400. The van der Waals surface area contributed by atoms with Gasteiger partial charge in [-0.3, -0.25) is 4.99 Å². The van der Waals surface area contributed by atoms with Gasteiger partial charge in [0.1, 0.15) is 0 Å². The molecule has 0 saturated carbocycles. The standard InChI is InChI=1S/C18H34N4O/c1-16(13-21-8-4-3-5-9-21)12-20-17(19-2)22-10-6-18(14-22)7-11-23-15-18/h16H,3-15H2,1-2H3,(H,19,20). The molecular weight excluding hydrogens is 288 g/mol. The zero-order valence-electron chi connectivity index (χ0n) is 15.0. The second-order valence-corrected chi connectivity index (χ2v) is 7.87. The normalized spacial score (nSPS) is 31.0. The number of hydrogen-bond donors (Lipinski definition) is 1. The lowest BCUT2D eigenvalue weighted by atomic mass is 9.87. The molecular formula is C18H34N4O. The van der Waals surface area contributed by atoms with Crippen LogP contribution in [0.5, 0.6) is 0 Å². The topological polar surface area (TPSA) is 40.1 Å². The summed E-state index contributed by atoms with van der Waals surface area (Å²) in [5.41, 5.74) is 0.400. The van der Waals surface area contributed by atoms with E-state index in [0.29, 0.717) is 11.3 Å². The third kappa shape index (κ3) is 4.38. The lowest BCUT2D eigenvalue weighted by molar-refractivity contribution is 0.156. The number of ether oxygens (including phenoxy) is 1. The summed E-state index contributed by atoms with van der Waals surface area (Å²) in [6.07, 6.45) is 6.62. The first kappa shape index (κ1) is 17.0. The van der Waals surface area contributed by atoms with Crippen LogP contribution in [-0.4, -0.2) is 75.3 Å². The number of rotatable bonds is 4. The third-order valence-electron chi connectivity index (χ3n) is 5.76. The van der Waals surface area contributed by atoms with Crippen LogP contribution < -0.4 is 5.32 Å². The molecule has 0 radical (unpaired) electrons. The molecule has 3 fully saturated rings. The van der Waals surface area contributed by atoms with Crippen molar-refractivity contribution in [3.8, 4) is 0 Å². The fourth-order valence-electron chi connectivity index (χ4n) is 4.33. The fraction of sp³-hybridized carbons (Fsp3) is 0.944. The maximum atomic E-state index is 5.63. The SMILES string of the molecule is CN=C(NCC(C)CN1CCCCC1)N1CCC2(CCOC2)C1. The van der Waals surface area contributed by atoms with Crippen LogP contribution in [0, 0.1) is 11.3 Å². The van der Waals surface area contributed by atoms with Crippen molar-refractivity contribution in [1.29, 1.82) is 0 Å². The van der Waals surface area contributed by atoms with Crippen molar-refractivity contribution in [2.45, 2.75) is 39.0 Å². The highest BCUT2D eigenvalue weighted by Gasteiger charge is 2.42. The maximum absolute atomic E-state index is 5.63. The molecule has 5 nitrogen and oxygen atoms in total. The second-order valence-electron chi connectivity index (χ2n) is 7.87. The van der Waals surface area contributed by atoms with Crippen molar-refractivity contribution in [2.75, 3.05) is 59.5 Å². The molecule has 0 aromatic rings. The summed E-state index contributed by atoms with van der Waals surface area (Å²) in [6, 6.07) is 0. The Bertz CT molecular complexity index is 400. The molecule has 5 heteroatoms. The highest BCUT2D eigenvalue weighted by atomic mass is 16.5. The Hall–Kier alpha value is -0.810. The van der Waals surface area contributed by atoms with E-state index in [1.54, 1.807) is 0 Å². The summed E-state index contributed by atoms with van der Waals surface area (Å²) >= 11 is 0. The molecule has 3 aliphatic rings. The van der Waals surface area contributed by atoms with Gasteiger partial charge in [0.05, 0.1) is 6.61 Å². The molecule has 0 aromatic carbocycles. The van der Waals surface area contributed by atoms with E-state index in [1.807, 2.05) is 7.05 Å². The quantitative estimate of drug-likeness (QED) is 0.633. The second kappa shape index (κ2) is 7.84. The monoisotopic (exact) mass is 322 g/mol. The van der Waals surface area contributed by atoms with Crippen LogP contribution in [0.25, 0.3) is 0 Å². The van der Waals surface area contributed by atoms with E-state index in [2.05, 4.69) is 27.0 Å². The van der Waals surface area contributed by atoms with Crippen molar-refractivity contribution in [2.24, 2.45) is 16.3 Å². The van der Waals surface area contributed by atoms with Crippen LogP contribution in [0.15, 0.2) is 4.99 Å². The van der Waals surface area contributed by atoms with E-state index in [0.717, 1.165) is 38.8 Å². The van der Waals surface area contributed by atoms with Gasteiger partial charge in [0.15, 0.2) is 5.96 Å². The van der Waals surface area contributed by atoms with Crippen molar-refractivity contribution in [3.05, 3.63) is 0 Å². The van der Waals surface area contributed by atoms with Gasteiger partial charge in [0, 0.05) is 45.2 Å². The number of aliphatic imine (C=N–C) groups is 1. The molecule has 2 unspecified atom stereocenters. The molecule has 3 saturated heterocycles. The van der Waals surface area contributed by atoms with Gasteiger partial charge >= 0.3 is 0 Å². The van der Waals surface area contributed by atoms with E-state index in [9.17, 15) is 0 Å². The summed E-state index contributed by atoms with van der Waals surface area (Å²) < 4.78 is 5.63. The summed E-state index contributed by atoms with van der Waals surface area (Å²) in [5, 5.41) is 3.62. The van der Waals surface area contributed by atoms with Crippen molar-refractivity contribution >= 4 is 5.96 Å². The molecule has 3 rings (SSSR count). The average Bonchev–Trinajstić information content (AvgIpc) is 3.20. The number of likely N-dealkylation sites (tertiary alicyclic amines) is 2. The lowest BCUT2D eigenvalue weighted by Gasteiger charge is -2.30. The first-order valence-electron chi connectivity index (χ1n) is 9.46. The summed E-state index contributed by atoms with van der Waals surface area (Å²) in [4.78, 5) is 9.58. The predicted octanol–water partition coefficient (Wildman–Crippen LogP) is 1.80. The van der Waals surface area contributed by atoms with Gasteiger partial charge in [0.25, 0.3) is 0 Å². The van der Waals surface area contributed by atoms with Crippen molar-refractivity contribution in [1.82, 2.24) is 15.1 Å². The molecule has 0 aromatic heterocycles. The molecule has 0 amide bonds. The Morgan fingerprint density at radius 3 is 2.74 bits per heavy atom. The number of nitrogens with one attached hydrogen (secondary N) is 1. The highest BCUT2D eigenvalue weighted by Crippen LogP contribution is 2.38. The number of hydrogen-bond acceptors (Lipinski definition) is 3. The van der Waals surface area contributed by atoms with Gasteiger partial charge in [-0.05, 0) is 44.7 Å². The highest BCUT2D eigenvalue weighted by molar-refractivity contribution is 5.80. The first-order chi connectivity index (χ1) is 11.2. The Kier molecular flexibility index (Phi) is 5.81. The summed E-state index contributed by atoms with van der Waals surface area (Å²) in [6.45, 7) is 11.2. The van der Waals surface area contributed by atoms with E-state index >= 15 is 0 Å². The smallest absolute Gasteiger partial charge is 0.193 e. The summed E-state index contributed by atoms with van der Waals surface area (Å²) in [5.74, 6) is 1.75. The molecule has 23 heavy (non-hydrogen) atoms. The maximum Gasteiger partial charge on any atom is 0.193 e. The fourth-order valence-corrected chi connectivity index (χ4v) is 4.33. The lowest BCUT2D eigenvalue weighted by Crippen LogP contribution is -2.44. The van der Waals surface area contributed by atoms with Gasteiger partial charge in [-0.2, -0.15) is 0 Å². The molecule has 1 N–H and O–H groups in total. The van der Waals surface area contributed by atoms with E-state index in [-0.39, 0.29) is 0 Å². The van der Waals surface area contributed by atoms with Gasteiger partial charge in [-0.1, -0.05) is 13.3 Å². The molecule has 3 heterocycles. The molecule has 1 spiro atoms. The minimum atomic E-state index is 0.400. The van der Waals surface area contributed by atoms with Crippen LogP contribution in [0.1, 0.15) is 39.0 Å². The first-order valence-corrected chi connectivity index (χ1v) is 9.46. The molecule has 0 aliphatic carbocycles. The zero-order valence-corrected chi connectivity index (χ0v) is 15.0. The van der Waals surface area contributed by atoms with E-state index < -0.39 is 0 Å². The van der Waals surface area contributed by atoms with Crippen LogP contribution in [0.3, 0.4) is 0 Å². The zero-order chi connectivity index (χ0) is 16.1. The van der Waals surface area contributed by atoms with Crippen molar-refractivity contribution < 1.29 is 4.74 Å². The van der Waals surface area contributed by atoms with E-state index in [4.69, 9.17) is 4.74 Å². The Balaban J connectivity index is 1.42. The van der Waals surface area contributed by atoms with Gasteiger partial charge in [-0.15, -0.1) is 0 Å². The molecule has 0 bridgehead atoms. The van der Waals surface area contributed by atoms with Crippen LogP contribution in [0.2, 0.25) is 0 Å². The van der Waals surface area contributed by atoms with Crippen LogP contribution >= 0.6 is 0 Å². The average molecular weight is 322 g/mol. The Morgan fingerprint density at radius 2 is 2.04 bits per heavy atom. The number of nitrogens with zero attached hydrogens (tertiary/aromatic N) is 3. The van der Waals surface area contributed by atoms with Gasteiger partial charge in [0.2, 0.25) is 0 Å². The predicted molar refractivity (Wildman–Crippen MR) is 94.9 cm³/mol. The van der Waals surface area contributed by atoms with Gasteiger partial charge < -0.3 is 19.9 Å². The molecule has 132 valence electrons. The van der Waals surface area contributed by atoms with Crippen molar-refractivity contribution in [3.63, 3.8) is 0 Å². The van der Waals surface area contributed by atoms with Crippen LogP contribution in [-0.2, 0) is 4.74 Å². The summed E-state index contributed by atoms with van der Waals surface area (Å²) in [7, 11) is 1.91. The Labute approximate surface area is 141 Å². The number of piperidine rings is 1. The number of guanidine groups is 1. The Morgan fingerprint density at radius 1 is 1.22 bits per heavy atom. The largest absolute Gasteiger partial charge is 0.381 e. The minimum Gasteiger partial charge on any atom is -0.381 e. The third-order valence-corrected chi connectivity index (χ3v) is 5.76. The van der Waals surface area contributed by atoms with Gasteiger partial charge in [-0.25, -0.2) is 0 Å². The molecule has 3 aliphatic heterocycles.